The molecule has 1 aliphatic heterocycles. The monoisotopic (exact) mass is 211 g/mol. The fourth-order valence-corrected chi connectivity index (χ4v) is 1.51. The van der Waals surface area contributed by atoms with E-state index >= 15 is 0 Å². The van der Waals surface area contributed by atoms with Gasteiger partial charge in [-0.25, -0.2) is 0 Å². The minimum absolute atomic E-state index is 0.0430. The Labute approximate surface area is 89.5 Å². The third-order valence-electron chi connectivity index (χ3n) is 2.32. The van der Waals surface area contributed by atoms with E-state index in [9.17, 15) is 9.59 Å². The summed E-state index contributed by atoms with van der Waals surface area (Å²) in [5.41, 5.74) is 0. The number of amides is 2. The van der Waals surface area contributed by atoms with Gasteiger partial charge in [0.2, 0.25) is 11.8 Å². The lowest BCUT2D eigenvalue weighted by atomic mass is 10.2. The van der Waals surface area contributed by atoms with Gasteiger partial charge >= 0.3 is 0 Å². The first kappa shape index (κ1) is 11.7. The Kier molecular flexibility index (Phi) is 4.30. The molecule has 1 rings (SSSR count). The van der Waals surface area contributed by atoms with Crippen molar-refractivity contribution in [1.29, 1.82) is 0 Å². The molecule has 0 aromatic carbocycles. The standard InChI is InChI=1S/C10H17N3O2/c1-3-9(14)12-6-10(15)13-5-4-11-8(2)7-13/h3,8,11H,1,4-7H2,2H3,(H,12,14)/t8-/m0/s1. The second kappa shape index (κ2) is 5.50. The maximum atomic E-state index is 11.6. The predicted octanol–water partition coefficient (Wildman–Crippen LogP) is -0.891. The number of nitrogens with zero attached hydrogens (tertiary/aromatic N) is 1. The summed E-state index contributed by atoms with van der Waals surface area (Å²) in [5, 5.41) is 5.72. The summed E-state index contributed by atoms with van der Waals surface area (Å²) in [6.07, 6.45) is 1.16. The van der Waals surface area contributed by atoms with Gasteiger partial charge in [0.15, 0.2) is 0 Å². The van der Waals surface area contributed by atoms with Crippen LogP contribution in [0, 0.1) is 0 Å². The van der Waals surface area contributed by atoms with Crippen molar-refractivity contribution in [2.24, 2.45) is 0 Å². The molecule has 1 aliphatic rings. The van der Waals surface area contributed by atoms with E-state index in [4.69, 9.17) is 0 Å². The number of carbonyl (C=O) groups is 2. The molecule has 1 atom stereocenters. The van der Waals surface area contributed by atoms with Crippen molar-refractivity contribution in [2.75, 3.05) is 26.2 Å². The van der Waals surface area contributed by atoms with E-state index in [1.165, 1.54) is 0 Å². The van der Waals surface area contributed by atoms with E-state index in [-0.39, 0.29) is 18.4 Å². The zero-order valence-corrected chi connectivity index (χ0v) is 8.95. The van der Waals surface area contributed by atoms with Crippen LogP contribution in [0.5, 0.6) is 0 Å². The number of carbonyl (C=O) groups excluding carboxylic acids is 2. The van der Waals surface area contributed by atoms with Crippen LogP contribution < -0.4 is 10.6 Å². The number of hydrogen-bond acceptors (Lipinski definition) is 3. The number of rotatable bonds is 3. The molecule has 0 bridgehead atoms. The maximum absolute atomic E-state index is 11.6. The highest BCUT2D eigenvalue weighted by Gasteiger charge is 2.19. The van der Waals surface area contributed by atoms with E-state index in [2.05, 4.69) is 17.2 Å². The highest BCUT2D eigenvalue weighted by Crippen LogP contribution is 1.98. The topological polar surface area (TPSA) is 61.4 Å². The molecule has 15 heavy (non-hydrogen) atoms. The van der Waals surface area contributed by atoms with Gasteiger partial charge in [-0.3, -0.25) is 9.59 Å². The van der Waals surface area contributed by atoms with Crippen molar-refractivity contribution < 1.29 is 9.59 Å². The Morgan fingerprint density at radius 2 is 2.40 bits per heavy atom. The molecular formula is C10H17N3O2. The van der Waals surface area contributed by atoms with E-state index in [0.717, 1.165) is 12.6 Å². The molecule has 0 unspecified atom stereocenters. The van der Waals surface area contributed by atoms with Gasteiger partial charge in [0.25, 0.3) is 0 Å². The third kappa shape index (κ3) is 3.71. The molecule has 0 aromatic heterocycles. The second-order valence-electron chi connectivity index (χ2n) is 3.62. The van der Waals surface area contributed by atoms with Crippen molar-refractivity contribution in [3.05, 3.63) is 12.7 Å². The molecule has 0 aromatic rings. The highest BCUT2D eigenvalue weighted by molar-refractivity contribution is 5.90. The average molecular weight is 211 g/mol. The van der Waals surface area contributed by atoms with Crippen LogP contribution in [0.15, 0.2) is 12.7 Å². The molecule has 1 saturated heterocycles. The first-order valence-corrected chi connectivity index (χ1v) is 5.05. The first-order chi connectivity index (χ1) is 7.13. The Bertz CT molecular complexity index is 265. The van der Waals surface area contributed by atoms with Crippen molar-refractivity contribution in [3.63, 3.8) is 0 Å². The van der Waals surface area contributed by atoms with Crippen molar-refractivity contribution in [1.82, 2.24) is 15.5 Å². The Morgan fingerprint density at radius 3 is 3.00 bits per heavy atom. The van der Waals surface area contributed by atoms with Gasteiger partial charge in [-0.15, -0.1) is 0 Å². The fourth-order valence-electron chi connectivity index (χ4n) is 1.51. The Hall–Kier alpha value is -1.36. The summed E-state index contributed by atoms with van der Waals surface area (Å²) in [6.45, 7) is 7.61. The fraction of sp³-hybridized carbons (Fsp3) is 0.600. The first-order valence-electron chi connectivity index (χ1n) is 5.05. The molecule has 5 nitrogen and oxygen atoms in total. The summed E-state index contributed by atoms with van der Waals surface area (Å²) in [5.74, 6) is -0.356. The summed E-state index contributed by atoms with van der Waals surface area (Å²) in [7, 11) is 0. The molecular weight excluding hydrogens is 194 g/mol. The van der Waals surface area contributed by atoms with E-state index in [1.807, 2.05) is 6.92 Å². The average Bonchev–Trinajstić information content (AvgIpc) is 2.25. The number of piperazine rings is 1. The van der Waals surface area contributed by atoms with Gasteiger partial charge in [0.1, 0.15) is 0 Å². The number of nitrogens with one attached hydrogen (secondary N) is 2. The lowest BCUT2D eigenvalue weighted by Gasteiger charge is -2.31. The minimum Gasteiger partial charge on any atom is -0.343 e. The van der Waals surface area contributed by atoms with Crippen LogP contribution in [0.4, 0.5) is 0 Å². The molecule has 2 amide bonds. The smallest absolute Gasteiger partial charge is 0.243 e. The summed E-state index contributed by atoms with van der Waals surface area (Å²) in [6, 6.07) is 0.317. The van der Waals surface area contributed by atoms with Gasteiger partial charge in [-0.05, 0) is 13.0 Å². The summed E-state index contributed by atoms with van der Waals surface area (Å²) < 4.78 is 0. The predicted molar refractivity (Wildman–Crippen MR) is 57.3 cm³/mol. The van der Waals surface area contributed by atoms with Crippen LogP contribution in [0.2, 0.25) is 0 Å². The quantitative estimate of drug-likeness (QED) is 0.595. The molecule has 5 heteroatoms. The van der Waals surface area contributed by atoms with Crippen LogP contribution in [-0.2, 0) is 9.59 Å². The third-order valence-corrected chi connectivity index (χ3v) is 2.32. The Morgan fingerprint density at radius 1 is 1.67 bits per heavy atom. The Balaban J connectivity index is 2.32. The van der Waals surface area contributed by atoms with E-state index in [0.29, 0.717) is 19.1 Å². The molecule has 0 spiro atoms. The molecule has 0 saturated carbocycles. The summed E-state index contributed by atoms with van der Waals surface area (Å²) in [4.78, 5) is 24.2. The van der Waals surface area contributed by atoms with Crippen molar-refractivity contribution in [3.8, 4) is 0 Å². The van der Waals surface area contributed by atoms with Gasteiger partial charge in [-0.2, -0.15) is 0 Å². The zero-order valence-electron chi connectivity index (χ0n) is 8.95. The lowest BCUT2D eigenvalue weighted by molar-refractivity contribution is -0.133. The van der Waals surface area contributed by atoms with Gasteiger partial charge in [0, 0.05) is 25.7 Å². The molecule has 2 N–H and O–H groups in total. The van der Waals surface area contributed by atoms with Gasteiger partial charge in [-0.1, -0.05) is 6.58 Å². The van der Waals surface area contributed by atoms with Gasteiger partial charge < -0.3 is 15.5 Å². The van der Waals surface area contributed by atoms with Crippen LogP contribution in [0.1, 0.15) is 6.92 Å². The van der Waals surface area contributed by atoms with Crippen LogP contribution in [-0.4, -0.2) is 48.9 Å². The molecule has 84 valence electrons. The lowest BCUT2D eigenvalue weighted by Crippen LogP contribution is -2.53. The number of hydrogen-bond donors (Lipinski definition) is 2. The SMILES string of the molecule is C=CC(=O)NCC(=O)N1CCN[C@@H](C)C1. The maximum Gasteiger partial charge on any atom is 0.243 e. The van der Waals surface area contributed by atoms with Crippen LogP contribution in [0.25, 0.3) is 0 Å². The minimum atomic E-state index is -0.313. The molecule has 0 radical (unpaired) electrons. The van der Waals surface area contributed by atoms with Crippen molar-refractivity contribution >= 4 is 11.8 Å². The normalized spacial score (nSPS) is 20.9. The highest BCUT2D eigenvalue weighted by atomic mass is 16.2. The second-order valence-corrected chi connectivity index (χ2v) is 3.62. The van der Waals surface area contributed by atoms with Crippen LogP contribution >= 0.6 is 0 Å². The van der Waals surface area contributed by atoms with Crippen LogP contribution in [0.3, 0.4) is 0 Å². The van der Waals surface area contributed by atoms with E-state index < -0.39 is 0 Å². The largest absolute Gasteiger partial charge is 0.343 e. The summed E-state index contributed by atoms with van der Waals surface area (Å²) >= 11 is 0. The zero-order chi connectivity index (χ0) is 11.3. The van der Waals surface area contributed by atoms with E-state index in [1.54, 1.807) is 4.90 Å². The van der Waals surface area contributed by atoms with Crippen molar-refractivity contribution in [2.45, 2.75) is 13.0 Å². The van der Waals surface area contributed by atoms with Gasteiger partial charge in [0.05, 0.1) is 6.54 Å². The molecule has 1 fully saturated rings. The molecule has 0 aliphatic carbocycles. The molecule has 1 heterocycles.